The molecule has 1 aliphatic carbocycles. The van der Waals surface area contributed by atoms with Crippen molar-refractivity contribution in [2.75, 3.05) is 11.1 Å². The number of rotatable bonds is 7. The Balaban J connectivity index is 1.26. The summed E-state index contributed by atoms with van der Waals surface area (Å²) < 4.78 is 7.91. The molecule has 0 bridgehead atoms. The van der Waals surface area contributed by atoms with Crippen LogP contribution in [0.4, 0.5) is 11.5 Å². The summed E-state index contributed by atoms with van der Waals surface area (Å²) in [7, 11) is 1.99. The molecule has 0 saturated heterocycles. The molecule has 30 heavy (non-hydrogen) atoms. The maximum atomic E-state index is 5.99. The summed E-state index contributed by atoms with van der Waals surface area (Å²) in [5.74, 6) is 3.51. The van der Waals surface area contributed by atoms with Gasteiger partial charge in [0.2, 0.25) is 5.88 Å². The molecule has 1 aromatic carbocycles. The molecule has 4 aromatic rings. The van der Waals surface area contributed by atoms with Gasteiger partial charge in [-0.15, -0.1) is 10.2 Å². The summed E-state index contributed by atoms with van der Waals surface area (Å²) in [5.41, 5.74) is 8.06. The van der Waals surface area contributed by atoms with Crippen molar-refractivity contribution in [2.24, 2.45) is 7.05 Å². The summed E-state index contributed by atoms with van der Waals surface area (Å²) in [5, 5.41) is 14.0. The van der Waals surface area contributed by atoms with Gasteiger partial charge in [0.25, 0.3) is 0 Å². The second kappa shape index (κ2) is 7.62. The minimum atomic E-state index is 0.343. The maximum Gasteiger partial charge on any atom is 0.213 e. The molecule has 5 rings (SSSR count). The second-order valence-corrected chi connectivity index (χ2v) is 7.55. The quantitative estimate of drug-likeness (QED) is 0.489. The molecule has 8 nitrogen and oxygen atoms in total. The van der Waals surface area contributed by atoms with Crippen LogP contribution >= 0.6 is 0 Å². The first kappa shape index (κ1) is 18.4. The molecule has 3 aromatic heterocycles. The molecule has 8 heteroatoms. The van der Waals surface area contributed by atoms with E-state index in [1.54, 1.807) is 12.4 Å². The topological polar surface area (TPSA) is 104 Å². The van der Waals surface area contributed by atoms with Crippen molar-refractivity contribution in [1.82, 2.24) is 24.7 Å². The highest BCUT2D eigenvalue weighted by atomic mass is 16.5. The molecule has 0 radical (unpaired) electrons. The van der Waals surface area contributed by atoms with Gasteiger partial charge in [0.15, 0.2) is 5.82 Å². The predicted molar refractivity (Wildman–Crippen MR) is 115 cm³/mol. The van der Waals surface area contributed by atoms with Gasteiger partial charge in [-0.3, -0.25) is 0 Å². The molecule has 152 valence electrons. The minimum absolute atomic E-state index is 0.343. The lowest BCUT2D eigenvalue weighted by molar-refractivity contribution is 0.279. The number of anilines is 2. The second-order valence-electron chi connectivity index (χ2n) is 7.55. The van der Waals surface area contributed by atoms with Crippen molar-refractivity contribution >= 4 is 22.3 Å². The zero-order chi connectivity index (χ0) is 20.5. The molecule has 0 unspecified atom stereocenters. The van der Waals surface area contributed by atoms with E-state index >= 15 is 0 Å². The van der Waals surface area contributed by atoms with Crippen LogP contribution in [-0.2, 0) is 20.2 Å². The van der Waals surface area contributed by atoms with E-state index in [4.69, 9.17) is 10.5 Å². The first-order valence-electron chi connectivity index (χ1n) is 10.0. The van der Waals surface area contributed by atoms with Crippen molar-refractivity contribution in [1.29, 1.82) is 0 Å². The lowest BCUT2D eigenvalue weighted by atomic mass is 10.1. The largest absolute Gasteiger partial charge is 0.469 e. The molecule has 3 N–H and O–H groups in total. The molecular weight excluding hydrogens is 378 g/mol. The van der Waals surface area contributed by atoms with Crippen molar-refractivity contribution in [3.8, 4) is 5.88 Å². The molecule has 1 aliphatic rings. The lowest BCUT2D eigenvalue weighted by Gasteiger charge is -2.11. The number of aromatic nitrogens is 5. The predicted octanol–water partition coefficient (Wildman–Crippen LogP) is 3.41. The highest BCUT2D eigenvalue weighted by molar-refractivity contribution is 5.99. The van der Waals surface area contributed by atoms with Crippen LogP contribution < -0.4 is 15.8 Å². The van der Waals surface area contributed by atoms with Gasteiger partial charge in [-0.1, -0.05) is 12.1 Å². The third-order valence-electron chi connectivity index (χ3n) is 5.41. The number of nitrogens with two attached hydrogens (primary N) is 1. The number of nitrogens with one attached hydrogen (secondary N) is 1. The Morgan fingerprint density at radius 3 is 2.83 bits per heavy atom. The van der Waals surface area contributed by atoms with E-state index in [1.165, 1.54) is 12.8 Å². The SMILES string of the molecule is Cn1c(COc2cc(CNc3cccc4c(N)nccc34)ccn2)nnc1C1CC1. The van der Waals surface area contributed by atoms with Crippen LogP contribution in [0.5, 0.6) is 5.88 Å². The molecule has 1 fully saturated rings. The Hall–Kier alpha value is -3.68. The summed E-state index contributed by atoms with van der Waals surface area (Å²) in [4.78, 5) is 8.48. The van der Waals surface area contributed by atoms with Gasteiger partial charge in [-0.05, 0) is 36.6 Å². The van der Waals surface area contributed by atoms with Crippen LogP contribution in [0, 0.1) is 0 Å². The number of nitrogens with zero attached hydrogens (tertiary/aromatic N) is 5. The highest BCUT2D eigenvalue weighted by Crippen LogP contribution is 2.38. The van der Waals surface area contributed by atoms with Crippen LogP contribution in [0.15, 0.2) is 48.8 Å². The summed E-state index contributed by atoms with van der Waals surface area (Å²) in [6.07, 6.45) is 5.87. The van der Waals surface area contributed by atoms with Crippen molar-refractivity contribution in [2.45, 2.75) is 31.9 Å². The van der Waals surface area contributed by atoms with Gasteiger partial charge in [0, 0.05) is 54.4 Å². The van der Waals surface area contributed by atoms with Crippen LogP contribution in [-0.4, -0.2) is 24.7 Å². The zero-order valence-corrected chi connectivity index (χ0v) is 16.7. The van der Waals surface area contributed by atoms with Crippen LogP contribution in [0.25, 0.3) is 10.8 Å². The Kier molecular flexibility index (Phi) is 4.66. The van der Waals surface area contributed by atoms with E-state index in [2.05, 4.69) is 25.5 Å². The number of benzene rings is 1. The van der Waals surface area contributed by atoms with Gasteiger partial charge in [-0.2, -0.15) is 0 Å². The van der Waals surface area contributed by atoms with Crippen molar-refractivity contribution < 1.29 is 4.74 Å². The van der Waals surface area contributed by atoms with E-state index in [9.17, 15) is 0 Å². The van der Waals surface area contributed by atoms with Gasteiger partial charge < -0.3 is 20.4 Å². The molecule has 1 saturated carbocycles. The number of fused-ring (bicyclic) bond motifs is 1. The van der Waals surface area contributed by atoms with Gasteiger partial charge in [0.05, 0.1) is 0 Å². The van der Waals surface area contributed by atoms with E-state index in [1.807, 2.05) is 48.0 Å². The van der Waals surface area contributed by atoms with Crippen LogP contribution in [0.3, 0.4) is 0 Å². The molecular formula is C22H23N7O. The minimum Gasteiger partial charge on any atom is -0.469 e. The average molecular weight is 401 g/mol. The molecule has 3 heterocycles. The summed E-state index contributed by atoms with van der Waals surface area (Å²) >= 11 is 0. The monoisotopic (exact) mass is 401 g/mol. The van der Waals surface area contributed by atoms with E-state index < -0.39 is 0 Å². The smallest absolute Gasteiger partial charge is 0.213 e. The van der Waals surface area contributed by atoms with E-state index in [0.29, 0.717) is 30.8 Å². The number of pyridine rings is 2. The summed E-state index contributed by atoms with van der Waals surface area (Å²) in [6, 6.07) is 11.8. The van der Waals surface area contributed by atoms with E-state index in [0.717, 1.165) is 33.7 Å². The summed E-state index contributed by atoms with van der Waals surface area (Å²) in [6.45, 7) is 0.978. The average Bonchev–Trinajstić information content (AvgIpc) is 3.54. The van der Waals surface area contributed by atoms with Gasteiger partial charge in [-0.25, -0.2) is 9.97 Å². The van der Waals surface area contributed by atoms with Gasteiger partial charge >= 0.3 is 0 Å². The van der Waals surface area contributed by atoms with Gasteiger partial charge in [0.1, 0.15) is 18.2 Å². The third kappa shape index (κ3) is 3.63. The molecule has 0 spiro atoms. The zero-order valence-electron chi connectivity index (χ0n) is 16.7. The van der Waals surface area contributed by atoms with E-state index in [-0.39, 0.29) is 0 Å². The highest BCUT2D eigenvalue weighted by Gasteiger charge is 2.29. The Labute approximate surface area is 174 Å². The first-order chi connectivity index (χ1) is 14.7. The maximum absolute atomic E-state index is 5.99. The fraction of sp³-hybridized carbons (Fsp3) is 0.273. The fourth-order valence-electron chi connectivity index (χ4n) is 3.56. The lowest BCUT2D eigenvalue weighted by Crippen LogP contribution is -2.07. The molecule has 0 amide bonds. The third-order valence-corrected chi connectivity index (χ3v) is 5.41. The number of ether oxygens (including phenoxy) is 1. The standard InChI is InChI=1S/C22H23N7O/c1-29-19(27-28-22(29)15-5-6-15)13-30-20-11-14(7-9-24-20)12-26-18-4-2-3-17-16(18)8-10-25-21(17)23/h2-4,7-11,15,26H,5-6,12-13H2,1H3,(H2,23,25). The molecule has 0 aliphatic heterocycles. The Bertz CT molecular complexity index is 1200. The Morgan fingerprint density at radius 2 is 1.97 bits per heavy atom. The first-order valence-corrected chi connectivity index (χ1v) is 10.0. The van der Waals surface area contributed by atoms with Crippen molar-refractivity contribution in [3.05, 3.63) is 66.0 Å². The fourth-order valence-corrected chi connectivity index (χ4v) is 3.56. The Morgan fingerprint density at radius 1 is 1.10 bits per heavy atom. The van der Waals surface area contributed by atoms with Crippen molar-refractivity contribution in [3.63, 3.8) is 0 Å². The number of nitrogen functional groups attached to an aromatic ring is 1. The number of hydrogen-bond donors (Lipinski definition) is 2. The van der Waals surface area contributed by atoms with Crippen LogP contribution in [0.2, 0.25) is 0 Å². The molecule has 0 atom stereocenters. The normalized spacial score (nSPS) is 13.5. The van der Waals surface area contributed by atoms with Crippen LogP contribution in [0.1, 0.15) is 36.0 Å². The number of hydrogen-bond acceptors (Lipinski definition) is 7.